The molecule has 1 N–H and O–H groups in total. The van der Waals surface area contributed by atoms with Gasteiger partial charge in [-0.15, -0.1) is 5.10 Å². The standard InChI is InChI=1S/C18H17FN4O2/c1-13(21-18(24)12-23-10-9-20-22-23)14-7-8-17(16(19)11-14)25-15-5-3-2-4-6-15/h2-11,13H,12H2,1H3,(H,21,24)/t13-/m0/s1. The second kappa shape index (κ2) is 7.57. The van der Waals surface area contributed by atoms with Crippen LogP contribution in [0, 0.1) is 5.82 Å². The molecule has 3 rings (SSSR count). The highest BCUT2D eigenvalue weighted by molar-refractivity contribution is 5.76. The van der Waals surface area contributed by atoms with Crippen LogP contribution in [0.4, 0.5) is 4.39 Å². The Bertz CT molecular complexity index is 838. The number of rotatable bonds is 6. The number of carbonyl (C=O) groups is 1. The average molecular weight is 340 g/mol. The van der Waals surface area contributed by atoms with E-state index in [2.05, 4.69) is 15.6 Å². The summed E-state index contributed by atoms with van der Waals surface area (Å²) in [4.78, 5) is 12.0. The zero-order valence-corrected chi connectivity index (χ0v) is 13.6. The molecule has 0 bridgehead atoms. The van der Waals surface area contributed by atoms with Gasteiger partial charge >= 0.3 is 0 Å². The Morgan fingerprint density at radius 1 is 1.28 bits per heavy atom. The normalized spacial score (nSPS) is 11.8. The first kappa shape index (κ1) is 16.6. The van der Waals surface area contributed by atoms with E-state index in [0.717, 1.165) is 0 Å². The Morgan fingerprint density at radius 3 is 2.76 bits per heavy atom. The minimum Gasteiger partial charge on any atom is -0.454 e. The lowest BCUT2D eigenvalue weighted by Gasteiger charge is -2.15. The first-order chi connectivity index (χ1) is 12.1. The van der Waals surface area contributed by atoms with Gasteiger partial charge in [0, 0.05) is 6.20 Å². The van der Waals surface area contributed by atoms with E-state index in [4.69, 9.17) is 4.74 Å². The summed E-state index contributed by atoms with van der Waals surface area (Å²) in [6, 6.07) is 13.3. The van der Waals surface area contributed by atoms with Crippen LogP contribution in [0.3, 0.4) is 0 Å². The van der Waals surface area contributed by atoms with Crippen molar-refractivity contribution < 1.29 is 13.9 Å². The molecule has 0 aliphatic heterocycles. The molecular weight excluding hydrogens is 323 g/mol. The smallest absolute Gasteiger partial charge is 0.242 e. The van der Waals surface area contributed by atoms with Crippen molar-refractivity contribution in [2.45, 2.75) is 19.5 Å². The molecule has 3 aromatic rings. The van der Waals surface area contributed by atoms with Gasteiger partial charge in [0.15, 0.2) is 11.6 Å². The maximum atomic E-state index is 14.3. The summed E-state index contributed by atoms with van der Waals surface area (Å²) in [5.74, 6) is -0.0267. The van der Waals surface area contributed by atoms with E-state index in [1.807, 2.05) is 18.2 Å². The second-order valence-corrected chi connectivity index (χ2v) is 5.49. The van der Waals surface area contributed by atoms with E-state index in [-0.39, 0.29) is 24.2 Å². The Labute approximate surface area is 144 Å². The summed E-state index contributed by atoms with van der Waals surface area (Å²) in [5, 5.41) is 10.2. The molecule has 7 heteroatoms. The molecule has 0 saturated heterocycles. The van der Waals surface area contributed by atoms with Gasteiger partial charge in [0.05, 0.1) is 12.2 Å². The van der Waals surface area contributed by atoms with Crippen molar-refractivity contribution in [1.82, 2.24) is 20.3 Å². The Hall–Kier alpha value is -3.22. The van der Waals surface area contributed by atoms with Crippen molar-refractivity contribution in [1.29, 1.82) is 0 Å². The Morgan fingerprint density at radius 2 is 2.08 bits per heavy atom. The van der Waals surface area contributed by atoms with E-state index >= 15 is 0 Å². The van der Waals surface area contributed by atoms with Gasteiger partial charge in [-0.3, -0.25) is 4.79 Å². The van der Waals surface area contributed by atoms with Crippen molar-refractivity contribution in [2.24, 2.45) is 0 Å². The highest BCUT2D eigenvalue weighted by Gasteiger charge is 2.13. The average Bonchev–Trinajstić information content (AvgIpc) is 3.10. The summed E-state index contributed by atoms with van der Waals surface area (Å²) in [5.41, 5.74) is 0.643. The molecule has 0 unspecified atom stereocenters. The van der Waals surface area contributed by atoms with E-state index < -0.39 is 5.82 Å². The lowest BCUT2D eigenvalue weighted by molar-refractivity contribution is -0.122. The van der Waals surface area contributed by atoms with Crippen molar-refractivity contribution in [2.75, 3.05) is 0 Å². The number of aromatic nitrogens is 3. The number of carbonyl (C=O) groups excluding carboxylic acids is 1. The molecule has 1 amide bonds. The van der Waals surface area contributed by atoms with Crippen molar-refractivity contribution in [3.63, 3.8) is 0 Å². The Balaban J connectivity index is 1.64. The largest absolute Gasteiger partial charge is 0.454 e. The SMILES string of the molecule is C[C@H](NC(=O)Cn1ccnn1)c1ccc(Oc2ccccc2)c(F)c1. The topological polar surface area (TPSA) is 69.0 Å². The van der Waals surface area contributed by atoms with Gasteiger partial charge in [0.1, 0.15) is 12.3 Å². The molecule has 0 aliphatic rings. The third-order valence-electron chi connectivity index (χ3n) is 3.58. The van der Waals surface area contributed by atoms with Crippen LogP contribution in [0.2, 0.25) is 0 Å². The van der Waals surface area contributed by atoms with E-state index in [1.165, 1.54) is 16.9 Å². The van der Waals surface area contributed by atoms with Crippen molar-refractivity contribution in [3.8, 4) is 11.5 Å². The van der Waals surface area contributed by atoms with Gasteiger partial charge in [-0.05, 0) is 36.8 Å². The predicted molar refractivity (Wildman–Crippen MR) is 89.5 cm³/mol. The number of nitrogens with one attached hydrogen (secondary N) is 1. The molecule has 0 saturated carbocycles. The van der Waals surface area contributed by atoms with E-state index in [9.17, 15) is 9.18 Å². The molecule has 128 valence electrons. The first-order valence-electron chi connectivity index (χ1n) is 7.77. The first-order valence-corrected chi connectivity index (χ1v) is 7.77. The minimum absolute atomic E-state index is 0.0576. The van der Waals surface area contributed by atoms with Crippen LogP contribution in [0.1, 0.15) is 18.5 Å². The Kier molecular flexibility index (Phi) is 5.03. The molecule has 0 aliphatic carbocycles. The fourth-order valence-corrected chi connectivity index (χ4v) is 2.32. The van der Waals surface area contributed by atoms with Crippen LogP contribution in [0.15, 0.2) is 60.9 Å². The highest BCUT2D eigenvalue weighted by atomic mass is 19.1. The predicted octanol–water partition coefficient (Wildman–Crippen LogP) is 3.09. The summed E-state index contributed by atoms with van der Waals surface area (Å²) in [6.07, 6.45) is 3.09. The molecule has 1 aromatic heterocycles. The summed E-state index contributed by atoms with van der Waals surface area (Å²) >= 11 is 0. The number of hydrogen-bond acceptors (Lipinski definition) is 4. The number of hydrogen-bond donors (Lipinski definition) is 1. The quantitative estimate of drug-likeness (QED) is 0.749. The van der Waals surface area contributed by atoms with Gasteiger partial charge in [-0.25, -0.2) is 9.07 Å². The number of halogens is 1. The van der Waals surface area contributed by atoms with Crippen LogP contribution in [-0.4, -0.2) is 20.9 Å². The van der Waals surface area contributed by atoms with Crippen LogP contribution < -0.4 is 10.1 Å². The minimum atomic E-state index is -0.487. The lowest BCUT2D eigenvalue weighted by atomic mass is 10.1. The summed E-state index contributed by atoms with van der Waals surface area (Å²) < 4.78 is 21.2. The second-order valence-electron chi connectivity index (χ2n) is 5.49. The molecule has 1 heterocycles. The molecule has 0 radical (unpaired) electrons. The number of ether oxygens (including phenoxy) is 1. The third-order valence-corrected chi connectivity index (χ3v) is 3.58. The van der Waals surface area contributed by atoms with Crippen molar-refractivity contribution >= 4 is 5.91 Å². The molecule has 2 aromatic carbocycles. The van der Waals surface area contributed by atoms with Crippen LogP contribution >= 0.6 is 0 Å². The lowest BCUT2D eigenvalue weighted by Crippen LogP contribution is -2.30. The van der Waals surface area contributed by atoms with Gasteiger partial charge < -0.3 is 10.1 Å². The van der Waals surface area contributed by atoms with Gasteiger partial charge in [-0.2, -0.15) is 0 Å². The van der Waals surface area contributed by atoms with Crippen LogP contribution in [-0.2, 0) is 11.3 Å². The fraction of sp³-hybridized carbons (Fsp3) is 0.167. The maximum Gasteiger partial charge on any atom is 0.242 e. The van der Waals surface area contributed by atoms with E-state index in [1.54, 1.807) is 37.4 Å². The molecule has 0 spiro atoms. The summed E-state index contributed by atoms with van der Waals surface area (Å²) in [7, 11) is 0. The maximum absolute atomic E-state index is 14.3. The van der Waals surface area contributed by atoms with Crippen LogP contribution in [0.25, 0.3) is 0 Å². The molecular formula is C18H17FN4O2. The molecule has 1 atom stereocenters. The van der Waals surface area contributed by atoms with Crippen LogP contribution in [0.5, 0.6) is 11.5 Å². The fourth-order valence-electron chi connectivity index (χ4n) is 2.32. The molecule has 6 nitrogen and oxygen atoms in total. The number of nitrogens with zero attached hydrogens (tertiary/aromatic N) is 3. The summed E-state index contributed by atoms with van der Waals surface area (Å²) in [6.45, 7) is 1.84. The molecule has 25 heavy (non-hydrogen) atoms. The zero-order chi connectivity index (χ0) is 17.6. The number of amides is 1. The monoisotopic (exact) mass is 340 g/mol. The van der Waals surface area contributed by atoms with Gasteiger partial charge in [-0.1, -0.05) is 29.5 Å². The number of para-hydroxylation sites is 1. The number of benzene rings is 2. The van der Waals surface area contributed by atoms with Gasteiger partial charge in [0.2, 0.25) is 5.91 Å². The van der Waals surface area contributed by atoms with E-state index in [0.29, 0.717) is 11.3 Å². The highest BCUT2D eigenvalue weighted by Crippen LogP contribution is 2.26. The molecule has 0 fully saturated rings. The van der Waals surface area contributed by atoms with Gasteiger partial charge in [0.25, 0.3) is 0 Å². The third kappa shape index (κ3) is 4.41. The van der Waals surface area contributed by atoms with Crippen molar-refractivity contribution in [3.05, 3.63) is 72.3 Å². The zero-order valence-electron chi connectivity index (χ0n) is 13.6.